The van der Waals surface area contributed by atoms with E-state index >= 15 is 0 Å². The van der Waals surface area contributed by atoms with Crippen LogP contribution in [0, 0.1) is 5.82 Å². The lowest BCUT2D eigenvalue weighted by Gasteiger charge is -2.37. The molecule has 2 nitrogen and oxygen atoms in total. The Morgan fingerprint density at radius 1 is 0.909 bits per heavy atom. The molecule has 1 atom stereocenters. The molecule has 4 rings (SSSR count). The molecule has 22 heavy (non-hydrogen) atoms. The summed E-state index contributed by atoms with van der Waals surface area (Å²) >= 11 is 0. The molecule has 0 saturated carbocycles. The van der Waals surface area contributed by atoms with Crippen molar-refractivity contribution in [3.8, 4) is 0 Å². The Morgan fingerprint density at radius 3 is 2.09 bits per heavy atom. The molecule has 1 N–H and O–H groups in total. The Balaban J connectivity index is 1.75. The summed E-state index contributed by atoms with van der Waals surface area (Å²) in [5.41, 5.74) is 5.81. The third-order valence-corrected chi connectivity index (χ3v) is 4.86. The lowest BCUT2D eigenvalue weighted by molar-refractivity contribution is 0.220. The number of rotatable bonds is 2. The molecule has 2 aromatic carbocycles. The zero-order chi connectivity index (χ0) is 15.1. The summed E-state index contributed by atoms with van der Waals surface area (Å²) in [6.45, 7) is 2.31. The molecule has 1 unspecified atom stereocenters. The van der Waals surface area contributed by atoms with Crippen LogP contribution in [-0.4, -0.2) is 18.2 Å². The fourth-order valence-electron chi connectivity index (χ4n) is 3.83. The standard InChI is InChI=1S/C19H20FNO/c20-17-7-5-13(6-8-17)19(22)16-11-14-3-1-9-21-10-2-4-15(12-16)18(14)21/h5-8,11-12,19,22H,1-4,9-10H2. The lowest BCUT2D eigenvalue weighted by Crippen LogP contribution is -2.34. The van der Waals surface area contributed by atoms with Crippen molar-refractivity contribution in [3.63, 3.8) is 0 Å². The number of anilines is 1. The van der Waals surface area contributed by atoms with Crippen LogP contribution in [0.15, 0.2) is 36.4 Å². The number of hydrogen-bond acceptors (Lipinski definition) is 2. The molecular weight excluding hydrogens is 277 g/mol. The van der Waals surface area contributed by atoms with E-state index in [1.165, 1.54) is 41.8 Å². The highest BCUT2D eigenvalue weighted by Crippen LogP contribution is 2.38. The smallest absolute Gasteiger partial charge is 0.123 e. The minimum Gasteiger partial charge on any atom is -0.384 e. The Morgan fingerprint density at radius 2 is 1.50 bits per heavy atom. The van der Waals surface area contributed by atoms with Crippen molar-refractivity contribution in [3.05, 3.63) is 64.5 Å². The number of halogens is 1. The van der Waals surface area contributed by atoms with Crippen molar-refractivity contribution in [2.24, 2.45) is 0 Å². The van der Waals surface area contributed by atoms with E-state index in [-0.39, 0.29) is 5.82 Å². The van der Waals surface area contributed by atoms with Crippen molar-refractivity contribution in [1.29, 1.82) is 0 Å². The normalized spacial score (nSPS) is 18.0. The van der Waals surface area contributed by atoms with Crippen LogP contribution >= 0.6 is 0 Å². The van der Waals surface area contributed by atoms with Crippen molar-refractivity contribution < 1.29 is 9.50 Å². The molecular formula is C19H20FNO. The van der Waals surface area contributed by atoms with Gasteiger partial charge < -0.3 is 10.0 Å². The first-order valence-electron chi connectivity index (χ1n) is 8.06. The molecule has 0 spiro atoms. The monoisotopic (exact) mass is 297 g/mol. The Bertz CT molecular complexity index is 664. The van der Waals surface area contributed by atoms with Crippen LogP contribution < -0.4 is 4.90 Å². The summed E-state index contributed by atoms with van der Waals surface area (Å²) in [5, 5.41) is 10.7. The molecule has 114 valence electrons. The van der Waals surface area contributed by atoms with E-state index in [9.17, 15) is 9.50 Å². The number of hydrogen-bond donors (Lipinski definition) is 1. The predicted octanol–water partition coefficient (Wildman–Crippen LogP) is 3.61. The van der Waals surface area contributed by atoms with Gasteiger partial charge in [-0.15, -0.1) is 0 Å². The van der Waals surface area contributed by atoms with Crippen molar-refractivity contribution >= 4 is 5.69 Å². The van der Waals surface area contributed by atoms with Gasteiger partial charge in [0.25, 0.3) is 0 Å². The molecule has 3 heteroatoms. The molecule has 2 heterocycles. The Kier molecular flexibility index (Phi) is 3.38. The summed E-state index contributed by atoms with van der Waals surface area (Å²) in [4.78, 5) is 2.49. The van der Waals surface area contributed by atoms with Gasteiger partial charge in [0.05, 0.1) is 0 Å². The summed E-state index contributed by atoms with van der Waals surface area (Å²) in [6.07, 6.45) is 3.86. The van der Waals surface area contributed by atoms with Gasteiger partial charge >= 0.3 is 0 Å². The zero-order valence-corrected chi connectivity index (χ0v) is 12.6. The van der Waals surface area contributed by atoms with Crippen LogP contribution in [0.25, 0.3) is 0 Å². The van der Waals surface area contributed by atoms with E-state index in [4.69, 9.17) is 0 Å². The highest BCUT2D eigenvalue weighted by molar-refractivity contribution is 5.64. The summed E-state index contributed by atoms with van der Waals surface area (Å²) in [7, 11) is 0. The zero-order valence-electron chi connectivity index (χ0n) is 12.6. The molecule has 0 radical (unpaired) electrons. The number of aliphatic hydroxyl groups is 1. The average Bonchev–Trinajstić information content (AvgIpc) is 2.55. The third-order valence-electron chi connectivity index (χ3n) is 4.86. The van der Waals surface area contributed by atoms with Gasteiger partial charge in [-0.25, -0.2) is 4.39 Å². The molecule has 2 aliphatic rings. The highest BCUT2D eigenvalue weighted by atomic mass is 19.1. The summed E-state index contributed by atoms with van der Waals surface area (Å²) in [6, 6.07) is 10.4. The van der Waals surface area contributed by atoms with Gasteiger partial charge in [0.1, 0.15) is 11.9 Å². The fourth-order valence-corrected chi connectivity index (χ4v) is 3.83. The molecule has 0 fully saturated rings. The Hall–Kier alpha value is -1.87. The maximum atomic E-state index is 13.1. The highest BCUT2D eigenvalue weighted by Gasteiger charge is 2.25. The summed E-state index contributed by atoms with van der Waals surface area (Å²) in [5.74, 6) is -0.271. The van der Waals surface area contributed by atoms with Gasteiger partial charge in [0.15, 0.2) is 0 Å². The number of nitrogens with zero attached hydrogens (tertiary/aromatic N) is 1. The molecule has 0 saturated heterocycles. The van der Waals surface area contributed by atoms with E-state index in [0.29, 0.717) is 0 Å². The Labute approximate surface area is 130 Å². The van der Waals surface area contributed by atoms with Gasteiger partial charge in [0, 0.05) is 18.8 Å². The van der Waals surface area contributed by atoms with Crippen LogP contribution in [0.1, 0.15) is 41.2 Å². The van der Waals surface area contributed by atoms with Crippen LogP contribution in [0.5, 0.6) is 0 Å². The van der Waals surface area contributed by atoms with Gasteiger partial charge in [-0.3, -0.25) is 0 Å². The van der Waals surface area contributed by atoms with E-state index in [1.54, 1.807) is 12.1 Å². The first-order valence-corrected chi connectivity index (χ1v) is 8.06. The van der Waals surface area contributed by atoms with Crippen LogP contribution in [-0.2, 0) is 12.8 Å². The minimum absolute atomic E-state index is 0.271. The van der Waals surface area contributed by atoms with Crippen molar-refractivity contribution in [1.82, 2.24) is 0 Å². The van der Waals surface area contributed by atoms with Crippen LogP contribution in [0.2, 0.25) is 0 Å². The van der Waals surface area contributed by atoms with Gasteiger partial charge in [0.2, 0.25) is 0 Å². The maximum absolute atomic E-state index is 13.1. The first kappa shape index (κ1) is 13.8. The number of benzene rings is 2. The van der Waals surface area contributed by atoms with E-state index in [0.717, 1.165) is 37.1 Å². The molecule has 0 aromatic heterocycles. The maximum Gasteiger partial charge on any atom is 0.123 e. The quantitative estimate of drug-likeness (QED) is 0.915. The molecule has 2 aromatic rings. The summed E-state index contributed by atoms with van der Waals surface area (Å²) < 4.78 is 13.1. The van der Waals surface area contributed by atoms with Gasteiger partial charge in [-0.2, -0.15) is 0 Å². The number of aryl methyl sites for hydroxylation is 2. The molecule has 0 amide bonds. The SMILES string of the molecule is OC(c1ccc(F)cc1)c1cc2c3c(c1)CCCN3CCC2. The first-order chi connectivity index (χ1) is 10.7. The van der Waals surface area contributed by atoms with Crippen molar-refractivity contribution in [2.75, 3.05) is 18.0 Å². The van der Waals surface area contributed by atoms with E-state index in [1.807, 2.05) is 0 Å². The third kappa shape index (κ3) is 2.30. The lowest BCUT2D eigenvalue weighted by atomic mass is 9.88. The topological polar surface area (TPSA) is 23.5 Å². The van der Waals surface area contributed by atoms with Gasteiger partial charge in [-0.1, -0.05) is 24.3 Å². The van der Waals surface area contributed by atoms with Gasteiger partial charge in [-0.05, 0) is 60.1 Å². The van der Waals surface area contributed by atoms with E-state index in [2.05, 4.69) is 17.0 Å². The second-order valence-corrected chi connectivity index (χ2v) is 6.34. The van der Waals surface area contributed by atoms with Crippen LogP contribution in [0.3, 0.4) is 0 Å². The average molecular weight is 297 g/mol. The fraction of sp³-hybridized carbons (Fsp3) is 0.368. The van der Waals surface area contributed by atoms with E-state index < -0.39 is 6.10 Å². The second-order valence-electron chi connectivity index (χ2n) is 6.34. The second kappa shape index (κ2) is 5.40. The van der Waals surface area contributed by atoms with Crippen LogP contribution in [0.4, 0.5) is 10.1 Å². The molecule has 0 aliphatic carbocycles. The minimum atomic E-state index is -0.681. The number of aliphatic hydroxyl groups excluding tert-OH is 1. The van der Waals surface area contributed by atoms with Crippen molar-refractivity contribution in [2.45, 2.75) is 31.8 Å². The largest absolute Gasteiger partial charge is 0.384 e. The molecule has 0 bridgehead atoms. The predicted molar refractivity (Wildman–Crippen MR) is 85.8 cm³/mol. The molecule has 2 aliphatic heterocycles.